The van der Waals surface area contributed by atoms with Crippen molar-refractivity contribution in [1.29, 1.82) is 0 Å². The maximum atomic E-state index is 12.0. The zero-order valence-corrected chi connectivity index (χ0v) is 63.6. The molecule has 1 unspecified atom stereocenters. The molecule has 512 valence electrons. The Kier molecular flexibility index (Phi) is 10.6. The Hall–Kier alpha value is -10.4. The molecule has 0 saturated carbocycles. The maximum absolute atomic E-state index is 12.0. The second-order valence-electron chi connectivity index (χ2n) is 31.6. The molecule has 19 rings (SSSR count). The molecule has 6 heterocycles. The van der Waals surface area contributed by atoms with Crippen molar-refractivity contribution in [2.75, 3.05) is 9.80 Å². The van der Waals surface area contributed by atoms with Gasteiger partial charge in [0, 0.05) is 0 Å². The summed E-state index contributed by atoms with van der Waals surface area (Å²) in [5, 5.41) is 0.284. The topological polar surface area (TPSA) is 16.3 Å². The quantitative estimate of drug-likeness (QED) is 0.141. The molecule has 1 atom stereocenters. The van der Waals surface area contributed by atoms with Gasteiger partial charge in [0.05, 0.1) is 0 Å². The molecule has 0 bridgehead atoms. The van der Waals surface area contributed by atoms with Crippen LogP contribution in [0.15, 0.2) is 285 Å². The van der Waals surface area contributed by atoms with Crippen molar-refractivity contribution >= 4 is 124 Å². The molecule has 0 fully saturated rings. The number of hydrogen-bond acceptors (Lipinski definition) is 2. The summed E-state index contributed by atoms with van der Waals surface area (Å²) < 4.78 is 218. The third kappa shape index (κ3) is 10.5. The van der Waals surface area contributed by atoms with E-state index in [0.29, 0.717) is 56.1 Å². The van der Waals surface area contributed by atoms with Crippen LogP contribution in [0.25, 0.3) is 117 Å². The van der Waals surface area contributed by atoms with Crippen molar-refractivity contribution in [1.82, 2.24) is 9.13 Å². The standard InChI is InChI=1S/C99H84N4Se2/c1-96(2,3)64-45-50-87-79(51-64)90-71-40-26-29-43-81(71)101(95(90)105-87)69-47-49-73-83(59-69)103(93-77(62-35-21-15-22-36-62)54-66(98(7,8)9)55-78(93)63-37-23-16-24-38-63)85-57-67(99(10,11)12)56-84-91(85)88(73)72-48-46-68(100-80-42-28-25-39-70(80)89-74-41-27-30-44-86(74)104-94(89)100)58-82(72)102(84)92-75(60-31-17-13-18-32-60)52-65(97(4,5)6)53-76(92)61-33-19-14-20-34-61/h13-59,88H,1-12H3/i25D,26D,27D,28D,29D,30D,39D,40D,41D,42D,43D,44D,45D,46D,47D,48D,49D,50D,51D,58D,59D. The SMILES string of the molecule is [2H]c1c([2H])c(-n2c3[se]c4c([2H])c([2H])c([2H])c([2H])c4c3c3c([2H])c([2H])c([2H])c([2H])c32)c([2H])c2c1C1c3c(cc(C(C)(C)C)cc3N(c3c(-c4ccccc4)cc(C(C)(C)C)cc3-c3ccccc3)c3c([2H])c(-n4c5[se]c6c([2H])c([2H])c(C(C)(C)C)c([2H])c6c5c5c([2H])c([2H])c([2H])c([2H])c54)c([2H])c([2H])c31)N2c1c(-c2ccccc2)cc(C(C)(C)C)cc1-c1ccccc1. The number of anilines is 6. The fraction of sp³-hybridized carbons (Fsp3) is 0.172. The van der Waals surface area contributed by atoms with E-state index in [2.05, 4.69) is 98.7 Å². The fourth-order valence-electron chi connectivity index (χ4n) is 15.4. The zero-order valence-electron chi connectivity index (χ0n) is 81.2. The van der Waals surface area contributed by atoms with Crippen molar-refractivity contribution in [2.24, 2.45) is 0 Å². The van der Waals surface area contributed by atoms with Crippen LogP contribution in [0.3, 0.4) is 0 Å². The zero-order chi connectivity index (χ0) is 90.0. The van der Waals surface area contributed by atoms with Crippen molar-refractivity contribution in [3.63, 3.8) is 0 Å². The molecule has 13 aromatic carbocycles. The molecule has 0 radical (unpaired) electrons. The normalized spacial score (nSPS) is 16.8. The van der Waals surface area contributed by atoms with Crippen LogP contribution in [0.5, 0.6) is 0 Å². The van der Waals surface area contributed by atoms with E-state index in [1.54, 1.807) is 0 Å². The minimum atomic E-state index is -1.55. The van der Waals surface area contributed by atoms with Crippen LogP contribution < -0.4 is 9.80 Å². The summed E-state index contributed by atoms with van der Waals surface area (Å²) in [6, 6.07) is 41.7. The first-order chi connectivity index (χ1) is 59.4. The summed E-state index contributed by atoms with van der Waals surface area (Å²) in [6.45, 7) is 24.5. The van der Waals surface area contributed by atoms with Gasteiger partial charge in [-0.1, -0.05) is 0 Å². The molecule has 105 heavy (non-hydrogen) atoms. The van der Waals surface area contributed by atoms with E-state index >= 15 is 0 Å². The third-order valence-electron chi connectivity index (χ3n) is 20.8. The first kappa shape index (κ1) is 46.4. The van der Waals surface area contributed by atoms with Gasteiger partial charge in [-0.25, -0.2) is 0 Å². The van der Waals surface area contributed by atoms with Gasteiger partial charge >= 0.3 is 662 Å². The Morgan fingerprint density at radius 2 is 0.676 bits per heavy atom. The molecule has 6 heteroatoms. The Labute approximate surface area is 658 Å². The van der Waals surface area contributed by atoms with Crippen LogP contribution in [0.4, 0.5) is 34.1 Å². The first-order valence-corrected chi connectivity index (χ1v) is 38.9. The number of benzene rings is 13. The average Bonchev–Trinajstić information content (AvgIpc) is 1.05. The number of para-hydroxylation sites is 2. The van der Waals surface area contributed by atoms with Gasteiger partial charge in [-0.3, -0.25) is 0 Å². The Bertz CT molecular complexity index is 7380. The number of hydrogen-bond donors (Lipinski definition) is 0. The van der Waals surface area contributed by atoms with Crippen molar-refractivity contribution in [3.8, 4) is 55.9 Å². The molecule has 17 aromatic rings. The van der Waals surface area contributed by atoms with Crippen LogP contribution in [-0.4, -0.2) is 38.1 Å². The number of fused-ring (bicyclic) bond motifs is 14. The number of aromatic nitrogens is 2. The van der Waals surface area contributed by atoms with Gasteiger partial charge in [0.25, 0.3) is 0 Å². The predicted octanol–water partition coefficient (Wildman–Crippen LogP) is 26.9. The van der Waals surface area contributed by atoms with E-state index in [0.717, 1.165) is 33.4 Å². The molecule has 2 aliphatic heterocycles. The summed E-state index contributed by atoms with van der Waals surface area (Å²) in [5.41, 5.74) is 6.55. The van der Waals surface area contributed by atoms with E-state index in [-0.39, 0.29) is 124 Å². The van der Waals surface area contributed by atoms with Gasteiger partial charge in [-0.2, -0.15) is 0 Å². The van der Waals surface area contributed by atoms with Crippen LogP contribution in [0, 0.1) is 0 Å². The summed E-state index contributed by atoms with van der Waals surface area (Å²) in [7, 11) is 0. The Balaban J connectivity index is 1.09. The minimum absolute atomic E-state index is 0.00777. The van der Waals surface area contributed by atoms with E-state index in [1.165, 1.54) is 9.13 Å². The Morgan fingerprint density at radius 3 is 1.08 bits per heavy atom. The van der Waals surface area contributed by atoms with Crippen molar-refractivity contribution < 1.29 is 28.8 Å². The van der Waals surface area contributed by atoms with Crippen LogP contribution in [-0.2, 0) is 21.7 Å². The average molecular weight is 1510 g/mol. The van der Waals surface area contributed by atoms with Crippen LogP contribution in [0.1, 0.15) is 157 Å². The molecule has 0 spiro atoms. The van der Waals surface area contributed by atoms with Gasteiger partial charge in [0.2, 0.25) is 0 Å². The number of rotatable bonds is 8. The summed E-state index contributed by atoms with van der Waals surface area (Å²) >= 11 is -2.35. The Morgan fingerprint density at radius 1 is 0.324 bits per heavy atom. The number of nitrogens with zero attached hydrogens (tertiary/aromatic N) is 4. The molecule has 0 N–H and O–H groups in total. The predicted molar refractivity (Wildman–Crippen MR) is 451 cm³/mol. The van der Waals surface area contributed by atoms with E-state index in [9.17, 15) is 26.0 Å². The van der Waals surface area contributed by atoms with Gasteiger partial charge in [-0.15, -0.1) is 0 Å². The molecule has 0 aliphatic carbocycles. The van der Waals surface area contributed by atoms with Gasteiger partial charge in [-0.05, 0) is 0 Å². The van der Waals surface area contributed by atoms with Crippen LogP contribution in [0.2, 0.25) is 0 Å². The van der Waals surface area contributed by atoms with E-state index in [4.69, 9.17) is 2.74 Å². The van der Waals surface area contributed by atoms with Gasteiger partial charge in [0.15, 0.2) is 0 Å². The second-order valence-corrected chi connectivity index (χ2v) is 35.8. The molecule has 0 saturated heterocycles. The fourth-order valence-corrected chi connectivity index (χ4v) is 20.2. The van der Waals surface area contributed by atoms with E-state index in [1.807, 2.05) is 152 Å². The molecule has 4 nitrogen and oxygen atoms in total. The van der Waals surface area contributed by atoms with Crippen molar-refractivity contribution in [2.45, 2.75) is 111 Å². The molecular weight excluding hydrogens is 1400 g/mol. The first-order valence-electron chi connectivity index (χ1n) is 46.0. The summed E-state index contributed by atoms with van der Waals surface area (Å²) in [5.74, 6) is -1.55. The molecule has 0 amide bonds. The van der Waals surface area contributed by atoms with Gasteiger partial charge < -0.3 is 0 Å². The molecular formula is C99H84N4Se2. The monoisotopic (exact) mass is 1510 g/mol. The van der Waals surface area contributed by atoms with Gasteiger partial charge in [0.1, 0.15) is 0 Å². The molecule has 4 aromatic heterocycles. The third-order valence-corrected chi connectivity index (χ3v) is 25.4. The summed E-state index contributed by atoms with van der Waals surface area (Å²) in [6.07, 6.45) is 0. The summed E-state index contributed by atoms with van der Waals surface area (Å²) in [4.78, 5) is 3.99. The van der Waals surface area contributed by atoms with Crippen LogP contribution >= 0.6 is 0 Å². The van der Waals surface area contributed by atoms with E-state index < -0.39 is 159 Å². The second kappa shape index (κ2) is 24.1. The molecule has 2 aliphatic rings. The van der Waals surface area contributed by atoms with Crippen molar-refractivity contribution in [3.05, 3.63) is 324 Å².